The number of aromatic hydroxyl groups is 4. The lowest BCUT2D eigenvalue weighted by Crippen LogP contribution is -2.60. The van der Waals surface area contributed by atoms with Crippen molar-refractivity contribution >= 4 is 75.8 Å². The highest BCUT2D eigenvalue weighted by atomic mass is 32.2. The molecular weight excluding hydrogens is 1760 g/mol. The largest absolute Gasteiger partial charge is 0.507 e. The summed E-state index contributed by atoms with van der Waals surface area (Å²) in [4.78, 5) is 126. The highest BCUT2D eigenvalue weighted by molar-refractivity contribution is 7.99. The van der Waals surface area contributed by atoms with Crippen LogP contribution in [0.15, 0.2) is 101 Å². The van der Waals surface area contributed by atoms with Crippen molar-refractivity contribution in [3.05, 3.63) is 147 Å². The maximum atomic E-state index is 14.2. The first-order valence-electron chi connectivity index (χ1n) is 43.7. The van der Waals surface area contributed by atoms with Gasteiger partial charge in [0.1, 0.15) is 59.1 Å². The first kappa shape index (κ1) is 101. The number of aliphatic hydroxyl groups excluding tert-OH is 1. The van der Waals surface area contributed by atoms with Crippen molar-refractivity contribution in [2.75, 3.05) is 178 Å². The second-order valence-corrected chi connectivity index (χ2v) is 32.6. The number of ketones is 3. The lowest BCUT2D eigenvalue weighted by atomic mass is 9.71. The van der Waals surface area contributed by atoms with E-state index in [9.17, 15) is 73.8 Å². The number of hydrogen-bond donors (Lipinski definition) is 12. The first-order valence-corrected chi connectivity index (χ1v) is 44.7. The van der Waals surface area contributed by atoms with E-state index in [4.69, 9.17) is 76.5 Å². The second kappa shape index (κ2) is 50.1. The Morgan fingerprint density at radius 3 is 1.98 bits per heavy atom. The number of nitrogens with zero attached hydrogens (tertiary/aromatic N) is 6. The number of phenols is 2. The van der Waals surface area contributed by atoms with E-state index < -0.39 is 107 Å². The van der Waals surface area contributed by atoms with Crippen LogP contribution in [0.5, 0.6) is 34.8 Å². The summed E-state index contributed by atoms with van der Waals surface area (Å²) < 4.78 is 87.9. The molecule has 8 aromatic rings. The Balaban J connectivity index is 0.417. The molecule has 7 atom stereocenters. The first-order chi connectivity index (χ1) is 64.5. The van der Waals surface area contributed by atoms with Crippen LogP contribution in [0.1, 0.15) is 120 Å². The number of amides is 5. The molecule has 6 heterocycles. The number of ether oxygens (including phenoxy) is 14. The van der Waals surface area contributed by atoms with Crippen LogP contribution in [0.2, 0.25) is 0 Å². The zero-order valence-corrected chi connectivity index (χ0v) is 74.9. The molecule has 5 amide bonds. The number of piperazine rings is 1. The number of hydrazine groups is 1. The Morgan fingerprint density at radius 1 is 0.684 bits per heavy atom. The molecule has 0 saturated carbocycles. The number of phenolic OH excluding ortho intramolecular Hbond substituents is 2. The van der Waals surface area contributed by atoms with Crippen LogP contribution < -0.4 is 36.7 Å². The summed E-state index contributed by atoms with van der Waals surface area (Å²) in [6.07, 6.45) is -2.24. The van der Waals surface area contributed by atoms with Gasteiger partial charge in [0.05, 0.1) is 221 Å². The minimum atomic E-state index is -2.24. The molecule has 43 heteroatoms. The van der Waals surface area contributed by atoms with Gasteiger partial charge in [-0.1, -0.05) is 35.5 Å². The summed E-state index contributed by atoms with van der Waals surface area (Å²) in [5.74, 6) is -4.94. The van der Waals surface area contributed by atoms with Gasteiger partial charge >= 0.3 is 0 Å². The van der Waals surface area contributed by atoms with Gasteiger partial charge in [0.15, 0.2) is 18.0 Å². The number of carbonyl (C=O) groups is 9. The molecule has 4 aliphatic rings. The van der Waals surface area contributed by atoms with Crippen molar-refractivity contribution < 1.29 is 145 Å². The molecule has 2 aliphatic heterocycles. The van der Waals surface area contributed by atoms with Crippen LogP contribution in [-0.2, 0) is 113 Å². The maximum absolute atomic E-state index is 14.2. The zero-order chi connectivity index (χ0) is 94.3. The number of fused-ring (bicyclic) bond motifs is 4. The van der Waals surface area contributed by atoms with Gasteiger partial charge in [0, 0.05) is 123 Å². The van der Waals surface area contributed by atoms with E-state index >= 15 is 0 Å². The van der Waals surface area contributed by atoms with Gasteiger partial charge in [-0.05, 0) is 55.8 Å². The Labute approximate surface area is 768 Å². The minimum Gasteiger partial charge on any atom is -0.507 e. The zero-order valence-electron chi connectivity index (χ0n) is 74.1. The highest BCUT2D eigenvalue weighted by Gasteiger charge is 2.51. The van der Waals surface area contributed by atoms with E-state index in [1.165, 1.54) is 54.1 Å². The third-order valence-electron chi connectivity index (χ3n) is 22.4. The third kappa shape index (κ3) is 26.8. The van der Waals surface area contributed by atoms with Crippen LogP contribution in [0.25, 0.3) is 22.2 Å². The number of carbonyl (C=O) groups excluding carboxylic acids is 9. The molecule has 133 heavy (non-hydrogen) atoms. The molecule has 2 fully saturated rings. The molecule has 0 spiro atoms. The van der Waals surface area contributed by atoms with Crippen LogP contribution >= 0.6 is 11.8 Å². The molecular formula is C90H114N12O30S. The van der Waals surface area contributed by atoms with E-state index in [0.717, 1.165) is 11.8 Å². The predicted molar refractivity (Wildman–Crippen MR) is 471 cm³/mol. The van der Waals surface area contributed by atoms with Crippen molar-refractivity contribution in [3.8, 4) is 46.1 Å². The number of aldehydes is 1. The van der Waals surface area contributed by atoms with E-state index in [1.807, 2.05) is 6.07 Å². The van der Waals surface area contributed by atoms with Crippen molar-refractivity contribution in [1.82, 2.24) is 55.8 Å². The number of aliphatic hydroxyl groups is 2. The SMILES string of the molecule is COc1cccc2c1C(=O)c1c(O)c3c(c(O)c1C2=O)C[C@@](O)(C(C=O)NNC(=O)CCCn1c(O)cc(SCCC(=O)NCCOCCOCCOCCOCc2cn(CCOCCOCCOCCOCCOCCOCC(=O)NCc4ccc(-c5ccc(OC)c6c(C(=O)C(=O)N7CCN(C(=O)c8ccccc8)CC7)c[nH]c56)o4)nn2)c1O)C[C@@H]3O[C@H]1C[C@H](N)[C@H](O)[C@H](C)O1. The molecule has 4 aromatic heterocycles. The number of nitrogens with two attached hydrogens (primary N) is 1. The van der Waals surface area contributed by atoms with Gasteiger partial charge in [-0.3, -0.25) is 48.3 Å². The van der Waals surface area contributed by atoms with E-state index in [-0.39, 0.29) is 160 Å². The van der Waals surface area contributed by atoms with Gasteiger partial charge in [0.2, 0.25) is 29.4 Å². The summed E-state index contributed by atoms with van der Waals surface area (Å²) in [5, 5.41) is 82.7. The molecule has 0 radical (unpaired) electrons. The van der Waals surface area contributed by atoms with Crippen molar-refractivity contribution in [3.63, 3.8) is 0 Å². The molecule has 13 N–H and O–H groups in total. The molecule has 42 nitrogen and oxygen atoms in total. The molecule has 4 aromatic carbocycles. The average molecular weight is 1880 g/mol. The molecule has 2 saturated heterocycles. The maximum Gasteiger partial charge on any atom is 0.295 e. The standard InChI is InChI=1S/C90H114N12O30S/c1-55-81(108)63(91)45-74(130-55)132-67-48-90(117,47-61-77(67)86(113)79-78(83(61)110)82(109)60-11-7-12-65(118-2)76(60)85(79)112)69(52-103)96-97-71(105)13-8-20-102-73(107)46-68(88(102)115)133-44-18-70(104)92-19-26-120-28-30-122-36-38-126-40-42-128-53-57-51-101(98-95-57)25-27-121-29-31-123-32-33-124-34-35-125-37-39-127-41-43-129-54-72(106)93-49-58-14-16-64(131-58)59-15-17-66(119-3)75-62(50-94-80(59)75)84(111)89(116)100-23-21-99(22-24-100)87(114)56-9-5-4-6-10-56/h4-7,9-12,14-17,46,50-52,55,63,67,69,74,81,94,96,107-108,110,113,115,117H,8,13,18-45,47-49,53-54,91H2,1-3H3,(H,92,104)(H,93,106)(H,97,105)/t55-,63-,67-,69?,74-,81+,90-/m0/s1. The number of rotatable bonds is 56. The van der Waals surface area contributed by atoms with E-state index in [1.54, 1.807) is 71.2 Å². The average Bonchev–Trinajstić information content (AvgIpc) is 1.56. The molecule has 2 aliphatic carbocycles. The Bertz CT molecular complexity index is 5240. The third-order valence-corrected chi connectivity index (χ3v) is 23.5. The molecule has 12 rings (SSSR count). The van der Waals surface area contributed by atoms with Crippen LogP contribution in [-0.4, -0.2) is 333 Å². The predicted octanol–water partition coefficient (Wildman–Crippen LogP) is 3.11. The summed E-state index contributed by atoms with van der Waals surface area (Å²) >= 11 is 1.13. The van der Waals surface area contributed by atoms with Crippen molar-refractivity contribution in [2.24, 2.45) is 5.73 Å². The monoisotopic (exact) mass is 1870 g/mol. The van der Waals surface area contributed by atoms with Gasteiger partial charge < -0.3 is 137 Å². The smallest absolute Gasteiger partial charge is 0.295 e. The topological polar surface area (TPSA) is 549 Å². The van der Waals surface area contributed by atoms with Crippen LogP contribution in [0.3, 0.4) is 0 Å². The van der Waals surface area contributed by atoms with Crippen LogP contribution in [0.4, 0.5) is 0 Å². The number of aromatic nitrogens is 5. The minimum absolute atomic E-state index is 0.0383. The summed E-state index contributed by atoms with van der Waals surface area (Å²) in [6.45, 7) is 9.49. The Kier molecular flexibility index (Phi) is 37.9. The molecule has 1 unspecified atom stereocenters. The number of hydrogen-bond acceptors (Lipinski definition) is 35. The number of aromatic amines is 1. The lowest BCUT2D eigenvalue weighted by molar-refractivity contribution is -0.248. The number of thioether (sulfide) groups is 1. The summed E-state index contributed by atoms with van der Waals surface area (Å²) in [7, 11) is 2.78. The van der Waals surface area contributed by atoms with Gasteiger partial charge in [0.25, 0.3) is 17.6 Å². The number of nitrogens with one attached hydrogen (secondary N) is 5. The number of H-pyrrole nitrogens is 1. The number of Topliss-reactive ketones (excluding diaryl/α,β-unsaturated/α-hetero) is 1. The quantitative estimate of drug-likeness (QED) is 0.00495. The fraction of sp³-hybridized carbons (Fsp3) is 0.500. The van der Waals surface area contributed by atoms with Crippen LogP contribution in [0, 0.1) is 0 Å². The lowest BCUT2D eigenvalue weighted by Gasteiger charge is -2.44. The normalized spacial score (nSPS) is 17.9. The fourth-order valence-corrected chi connectivity index (χ4v) is 16.5. The van der Waals surface area contributed by atoms with E-state index in [0.29, 0.717) is 175 Å². The van der Waals surface area contributed by atoms with Crippen molar-refractivity contribution in [1.29, 1.82) is 0 Å². The van der Waals surface area contributed by atoms with Gasteiger partial charge in [-0.25, -0.2) is 10.1 Å². The Hall–Kier alpha value is -11.3. The highest BCUT2D eigenvalue weighted by Crippen LogP contribution is 2.53. The van der Waals surface area contributed by atoms with Crippen molar-refractivity contribution in [2.45, 2.75) is 119 Å². The second-order valence-electron chi connectivity index (χ2n) is 31.4. The van der Waals surface area contributed by atoms with Gasteiger partial charge in [-0.2, -0.15) is 0 Å². The number of methoxy groups -OCH3 is 2. The summed E-state index contributed by atoms with van der Waals surface area (Å²) in [5.41, 5.74) is 9.65. The summed E-state index contributed by atoms with van der Waals surface area (Å²) in [6, 6.07) is 19.0. The number of benzene rings is 4. The Morgan fingerprint density at radius 2 is 1.32 bits per heavy atom. The molecule has 720 valence electrons. The molecule has 0 bridgehead atoms. The number of furan rings is 1. The fourth-order valence-electron chi connectivity index (χ4n) is 15.5. The van der Waals surface area contributed by atoms with E-state index in [2.05, 4.69) is 36.8 Å². The van der Waals surface area contributed by atoms with Gasteiger partial charge in [-0.15, -0.1) is 16.9 Å².